The van der Waals surface area contributed by atoms with E-state index in [0.717, 1.165) is 41.9 Å². The second kappa shape index (κ2) is 6.18. The summed E-state index contributed by atoms with van der Waals surface area (Å²) in [5.41, 5.74) is 4.51. The molecule has 2 N–H and O–H groups in total. The molecule has 1 fully saturated rings. The van der Waals surface area contributed by atoms with Gasteiger partial charge in [0.15, 0.2) is 0 Å². The number of fused-ring (bicyclic) bond motifs is 2. The Hall–Kier alpha value is -2.24. The predicted octanol–water partition coefficient (Wildman–Crippen LogP) is 5.00. The summed E-state index contributed by atoms with van der Waals surface area (Å²) in [7, 11) is 0. The first-order valence-corrected chi connectivity index (χ1v) is 10.1. The maximum Gasteiger partial charge on any atom is 0.132 e. The molecule has 4 nitrogen and oxygen atoms in total. The molecule has 0 aliphatic carbocycles. The average molecular weight is 363 g/mol. The van der Waals surface area contributed by atoms with Crippen LogP contribution in [0, 0.1) is 6.92 Å². The van der Waals surface area contributed by atoms with Crippen LogP contribution < -0.4 is 5.32 Å². The first-order chi connectivity index (χ1) is 12.7. The second-order valence-corrected chi connectivity index (χ2v) is 8.39. The number of piperidine rings is 1. The summed E-state index contributed by atoms with van der Waals surface area (Å²) in [4.78, 5) is 14.4. The molecular weight excluding hydrogens is 340 g/mol. The van der Waals surface area contributed by atoms with Crippen LogP contribution in [0.4, 0.5) is 0 Å². The van der Waals surface area contributed by atoms with Gasteiger partial charge in [0.25, 0.3) is 0 Å². The van der Waals surface area contributed by atoms with Gasteiger partial charge in [-0.3, -0.25) is 0 Å². The molecule has 0 amide bonds. The summed E-state index contributed by atoms with van der Waals surface area (Å²) in [6.07, 6.45) is 4.18. The van der Waals surface area contributed by atoms with Gasteiger partial charge >= 0.3 is 0 Å². The molecule has 5 heteroatoms. The lowest BCUT2D eigenvalue weighted by atomic mass is 9.92. The lowest BCUT2D eigenvalue weighted by molar-refractivity contribution is 0.371. The van der Waals surface area contributed by atoms with Crippen molar-refractivity contribution in [3.05, 3.63) is 47.9 Å². The number of nitrogens with zero attached hydrogens (tertiary/aromatic N) is 2. The van der Waals surface area contributed by atoms with E-state index in [-0.39, 0.29) is 0 Å². The zero-order valence-electron chi connectivity index (χ0n) is 15.0. The molecule has 132 valence electrons. The number of aryl methyl sites for hydroxylation is 1. The van der Waals surface area contributed by atoms with Crippen LogP contribution in [0.3, 0.4) is 0 Å². The summed E-state index contributed by atoms with van der Waals surface area (Å²) in [5.74, 6) is 1.45. The fourth-order valence-electron chi connectivity index (χ4n) is 4.05. The van der Waals surface area contributed by atoms with E-state index in [2.05, 4.69) is 59.5 Å². The van der Waals surface area contributed by atoms with Crippen molar-refractivity contribution < 1.29 is 0 Å². The number of aromatic nitrogens is 3. The first-order valence-electron chi connectivity index (χ1n) is 9.26. The van der Waals surface area contributed by atoms with Gasteiger partial charge in [-0.15, -0.1) is 11.3 Å². The van der Waals surface area contributed by atoms with Crippen LogP contribution >= 0.6 is 11.3 Å². The molecule has 4 aromatic rings. The third-order valence-corrected chi connectivity index (χ3v) is 6.77. The molecule has 1 aliphatic heterocycles. The van der Waals surface area contributed by atoms with Crippen LogP contribution in [0.2, 0.25) is 0 Å². The Bertz CT molecular complexity index is 1090. The van der Waals surface area contributed by atoms with Gasteiger partial charge in [0.2, 0.25) is 0 Å². The molecule has 3 aromatic heterocycles. The van der Waals surface area contributed by atoms with Gasteiger partial charge in [-0.05, 0) is 56.3 Å². The van der Waals surface area contributed by atoms with Gasteiger partial charge in [0.05, 0.1) is 27.8 Å². The molecular formula is C21H22N4S. The quantitative estimate of drug-likeness (QED) is 0.527. The second-order valence-electron chi connectivity index (χ2n) is 7.34. The Morgan fingerprint density at radius 1 is 1.23 bits per heavy atom. The number of H-pyrrole nitrogens is 1. The smallest absolute Gasteiger partial charge is 0.132 e. The molecule has 4 heterocycles. The van der Waals surface area contributed by atoms with Crippen LogP contribution in [0.1, 0.15) is 37.1 Å². The summed E-state index contributed by atoms with van der Waals surface area (Å²) in [5, 5.41) is 4.84. The van der Waals surface area contributed by atoms with Crippen molar-refractivity contribution in [2.24, 2.45) is 0 Å². The van der Waals surface area contributed by atoms with Crippen molar-refractivity contribution in [2.45, 2.75) is 38.6 Å². The van der Waals surface area contributed by atoms with E-state index >= 15 is 0 Å². The minimum absolute atomic E-state index is 0.458. The third kappa shape index (κ3) is 2.63. The third-order valence-electron chi connectivity index (χ3n) is 5.46. The molecule has 1 saturated heterocycles. The fourth-order valence-corrected chi connectivity index (χ4v) is 5.23. The molecule has 5 rings (SSSR count). The molecule has 0 saturated carbocycles. The van der Waals surface area contributed by atoms with Gasteiger partial charge in [-0.25, -0.2) is 9.97 Å². The number of hydrogen-bond acceptors (Lipinski definition) is 4. The number of benzene rings is 1. The molecule has 0 bridgehead atoms. The fraction of sp³-hybridized carbons (Fsp3) is 0.333. The standard InChI is InChI=1S/C21H22N4S/c1-12-9-14(7-8-22-12)21-23-11-18-16(25-21)10-17(24-18)20-13(2)15-5-3-4-6-19(15)26-20/h3-6,10-12,14,22,24H,7-9H2,1-2H3. The van der Waals surface area contributed by atoms with Crippen molar-refractivity contribution in [1.82, 2.24) is 20.3 Å². The Kier molecular flexibility index (Phi) is 3.80. The number of aromatic amines is 1. The minimum Gasteiger partial charge on any atom is -0.351 e. The van der Waals surface area contributed by atoms with Crippen molar-refractivity contribution in [2.75, 3.05) is 6.54 Å². The Morgan fingerprint density at radius 2 is 2.12 bits per heavy atom. The lowest BCUT2D eigenvalue weighted by Crippen LogP contribution is -2.35. The number of thiophene rings is 1. The van der Waals surface area contributed by atoms with Crippen molar-refractivity contribution >= 4 is 32.5 Å². The van der Waals surface area contributed by atoms with Gasteiger partial charge in [-0.1, -0.05) is 18.2 Å². The number of rotatable bonds is 2. The zero-order chi connectivity index (χ0) is 17.7. The van der Waals surface area contributed by atoms with E-state index < -0.39 is 0 Å². The van der Waals surface area contributed by atoms with Crippen LogP contribution in [0.15, 0.2) is 36.5 Å². The normalized spacial score (nSPS) is 20.8. The zero-order valence-corrected chi connectivity index (χ0v) is 15.9. The number of nitrogens with one attached hydrogen (secondary N) is 2. The van der Waals surface area contributed by atoms with Crippen LogP contribution in [0.5, 0.6) is 0 Å². The van der Waals surface area contributed by atoms with E-state index in [1.54, 1.807) is 0 Å². The summed E-state index contributed by atoms with van der Waals surface area (Å²) in [6, 6.07) is 11.3. The van der Waals surface area contributed by atoms with Gasteiger partial charge in [0, 0.05) is 16.7 Å². The van der Waals surface area contributed by atoms with E-state index in [4.69, 9.17) is 4.98 Å². The van der Waals surface area contributed by atoms with Gasteiger partial charge in [-0.2, -0.15) is 0 Å². The first kappa shape index (κ1) is 16.0. The largest absolute Gasteiger partial charge is 0.351 e. The predicted molar refractivity (Wildman–Crippen MR) is 109 cm³/mol. The molecule has 26 heavy (non-hydrogen) atoms. The molecule has 2 atom stereocenters. The van der Waals surface area contributed by atoms with Crippen molar-refractivity contribution in [3.63, 3.8) is 0 Å². The maximum atomic E-state index is 4.90. The Balaban J connectivity index is 1.56. The van der Waals surface area contributed by atoms with Crippen LogP contribution in [-0.2, 0) is 0 Å². The highest BCUT2D eigenvalue weighted by molar-refractivity contribution is 7.22. The summed E-state index contributed by atoms with van der Waals surface area (Å²) >= 11 is 1.84. The summed E-state index contributed by atoms with van der Waals surface area (Å²) in [6.45, 7) is 5.49. The van der Waals surface area contributed by atoms with E-state index in [9.17, 15) is 0 Å². The average Bonchev–Trinajstić information content (AvgIpc) is 3.22. The minimum atomic E-state index is 0.458. The molecule has 1 aliphatic rings. The van der Waals surface area contributed by atoms with Crippen LogP contribution in [-0.4, -0.2) is 27.5 Å². The highest BCUT2D eigenvalue weighted by Crippen LogP contribution is 2.38. The highest BCUT2D eigenvalue weighted by Gasteiger charge is 2.22. The monoisotopic (exact) mass is 362 g/mol. The number of hydrogen-bond donors (Lipinski definition) is 2. The lowest BCUT2D eigenvalue weighted by Gasteiger charge is -2.26. The molecule has 1 aromatic carbocycles. The molecule has 0 spiro atoms. The van der Waals surface area contributed by atoms with Crippen LogP contribution in [0.25, 0.3) is 31.7 Å². The van der Waals surface area contributed by atoms with E-state index in [1.807, 2.05) is 17.5 Å². The SMILES string of the molecule is Cc1c(-c2cc3nc(C4CCNC(C)C4)ncc3[nH]2)sc2ccccc12. The van der Waals surface area contributed by atoms with E-state index in [0.29, 0.717) is 12.0 Å². The Morgan fingerprint density at radius 3 is 2.96 bits per heavy atom. The van der Waals surface area contributed by atoms with Crippen molar-refractivity contribution in [3.8, 4) is 10.6 Å². The topological polar surface area (TPSA) is 53.6 Å². The summed E-state index contributed by atoms with van der Waals surface area (Å²) < 4.78 is 1.33. The molecule has 2 unspecified atom stereocenters. The maximum absolute atomic E-state index is 4.90. The van der Waals surface area contributed by atoms with E-state index in [1.165, 1.54) is 20.5 Å². The van der Waals surface area contributed by atoms with Gasteiger partial charge in [0.1, 0.15) is 5.82 Å². The highest BCUT2D eigenvalue weighted by atomic mass is 32.1. The molecule has 0 radical (unpaired) electrons. The van der Waals surface area contributed by atoms with Crippen molar-refractivity contribution in [1.29, 1.82) is 0 Å². The van der Waals surface area contributed by atoms with Gasteiger partial charge < -0.3 is 10.3 Å². The Labute approximate surface area is 156 Å².